The lowest BCUT2D eigenvalue weighted by Gasteiger charge is -2.37. The van der Waals surface area contributed by atoms with Crippen LogP contribution in [-0.4, -0.2) is 60.9 Å². The lowest BCUT2D eigenvalue weighted by molar-refractivity contribution is -0.254. The highest BCUT2D eigenvalue weighted by Crippen LogP contribution is 2.44. The van der Waals surface area contributed by atoms with Gasteiger partial charge < -0.3 is 33.3 Å². The third-order valence-corrected chi connectivity index (χ3v) is 5.44. The molecule has 1 aromatic rings. The van der Waals surface area contributed by atoms with Crippen LogP contribution in [0.15, 0.2) is 35.5 Å². The summed E-state index contributed by atoms with van der Waals surface area (Å²) in [6, 6.07) is 9.93. The normalized spacial score (nSPS) is 39.5. The van der Waals surface area contributed by atoms with Gasteiger partial charge in [0.1, 0.15) is 24.4 Å². The van der Waals surface area contributed by atoms with Gasteiger partial charge in [-0.3, -0.25) is 0 Å². The van der Waals surface area contributed by atoms with Crippen molar-refractivity contribution in [1.29, 1.82) is 0 Å². The summed E-state index contributed by atoms with van der Waals surface area (Å²) >= 11 is 0. The van der Waals surface area contributed by atoms with Crippen LogP contribution in [0, 0.1) is 0 Å². The first-order valence-corrected chi connectivity index (χ1v) is 10.1. The largest absolute Gasteiger partial charge is 0.363 e. The highest BCUT2D eigenvalue weighted by molar-refractivity contribution is 6.01. The maximum atomic E-state index is 6.15. The van der Waals surface area contributed by atoms with E-state index in [0.29, 0.717) is 6.42 Å². The summed E-state index contributed by atoms with van der Waals surface area (Å²) in [6.45, 7) is 7.78. The first-order chi connectivity index (χ1) is 13.8. The molecule has 0 N–H and O–H groups in total. The molecule has 4 heterocycles. The van der Waals surface area contributed by atoms with Crippen molar-refractivity contribution in [2.75, 3.05) is 6.61 Å². The number of ether oxygens (including phenoxy) is 6. The minimum absolute atomic E-state index is 0.274. The van der Waals surface area contributed by atoms with Crippen molar-refractivity contribution in [2.45, 2.75) is 82.7 Å². The van der Waals surface area contributed by atoms with Gasteiger partial charge in [0, 0.05) is 0 Å². The maximum Gasteiger partial charge on any atom is 0.232 e. The molecule has 0 aliphatic carbocycles. The Labute approximate surface area is 170 Å². The number of rotatable bonds is 4. The number of hydrogen-bond acceptors (Lipinski definition) is 8. The average molecular weight is 405 g/mol. The van der Waals surface area contributed by atoms with Gasteiger partial charge in [-0.05, 0) is 33.3 Å². The Morgan fingerprint density at radius 3 is 2.41 bits per heavy atom. The van der Waals surface area contributed by atoms with Gasteiger partial charge in [0.2, 0.25) is 6.29 Å². The Morgan fingerprint density at radius 1 is 0.931 bits per heavy atom. The van der Waals surface area contributed by atoms with E-state index in [2.05, 4.69) is 5.16 Å². The van der Waals surface area contributed by atoms with Crippen LogP contribution in [0.2, 0.25) is 0 Å². The fourth-order valence-corrected chi connectivity index (χ4v) is 4.28. The van der Waals surface area contributed by atoms with Gasteiger partial charge in [0.15, 0.2) is 17.9 Å². The molecule has 8 nitrogen and oxygen atoms in total. The Hall–Kier alpha value is -1.55. The summed E-state index contributed by atoms with van der Waals surface area (Å²) in [7, 11) is 0. The van der Waals surface area contributed by atoms with Gasteiger partial charge in [0.25, 0.3) is 0 Å². The second-order valence-electron chi connectivity index (χ2n) is 8.68. The molecule has 3 saturated heterocycles. The van der Waals surface area contributed by atoms with E-state index in [4.69, 9.17) is 33.3 Å². The summed E-state index contributed by atoms with van der Waals surface area (Å²) in [5, 5.41) is 4.16. The molecule has 1 unspecified atom stereocenters. The number of fused-ring (bicyclic) bond motifs is 3. The van der Waals surface area contributed by atoms with Crippen LogP contribution in [0.3, 0.4) is 0 Å². The molecule has 4 aliphatic heterocycles. The van der Waals surface area contributed by atoms with Gasteiger partial charge >= 0.3 is 0 Å². The first kappa shape index (κ1) is 19.4. The highest BCUT2D eigenvalue weighted by Gasteiger charge is 2.60. The fourth-order valence-electron chi connectivity index (χ4n) is 4.28. The molecule has 0 radical (unpaired) electrons. The molecule has 1 aromatic carbocycles. The summed E-state index contributed by atoms with van der Waals surface area (Å²) in [4.78, 5) is 5.47. The monoisotopic (exact) mass is 405 g/mol. The number of nitrogens with zero attached hydrogens (tertiary/aromatic N) is 1. The minimum Gasteiger partial charge on any atom is -0.363 e. The van der Waals surface area contributed by atoms with Crippen LogP contribution < -0.4 is 0 Å². The fraction of sp³-hybridized carbons (Fsp3) is 0.667. The van der Waals surface area contributed by atoms with Crippen LogP contribution in [0.4, 0.5) is 0 Å². The second kappa shape index (κ2) is 7.01. The second-order valence-corrected chi connectivity index (χ2v) is 8.68. The predicted octanol–water partition coefficient (Wildman–Crippen LogP) is 2.55. The molecule has 29 heavy (non-hydrogen) atoms. The Morgan fingerprint density at radius 2 is 1.62 bits per heavy atom. The lowest BCUT2D eigenvalue weighted by atomic mass is 9.99. The topological polar surface area (TPSA) is 77.0 Å². The maximum absolute atomic E-state index is 6.15. The smallest absolute Gasteiger partial charge is 0.232 e. The Kier molecular flexibility index (Phi) is 4.69. The van der Waals surface area contributed by atoms with Crippen molar-refractivity contribution in [3.05, 3.63) is 35.9 Å². The van der Waals surface area contributed by atoms with Gasteiger partial charge in [-0.2, -0.15) is 0 Å². The Bertz CT molecular complexity index is 780. The summed E-state index contributed by atoms with van der Waals surface area (Å²) in [5.41, 5.74) is 1.90. The molecular formula is C21H27NO7. The van der Waals surface area contributed by atoms with Gasteiger partial charge in [-0.1, -0.05) is 35.5 Å². The molecule has 8 heteroatoms. The van der Waals surface area contributed by atoms with Crippen LogP contribution in [0.25, 0.3) is 0 Å². The molecule has 3 fully saturated rings. The zero-order chi connectivity index (χ0) is 20.2. The molecule has 0 saturated carbocycles. The van der Waals surface area contributed by atoms with Gasteiger partial charge in [-0.25, -0.2) is 0 Å². The standard InChI is InChI=1S/C21H27NO7/c1-20(2)25-16-14(24-19-18(17(16)26-20)27-21(3,4)28-19)11-23-15-10-13(22-29-15)12-8-6-5-7-9-12/h5-9,14-19H,10-11H2,1-4H3/t14-,15+,16+,17?,18-,19-/m1/s1. The van der Waals surface area contributed by atoms with Crippen LogP contribution >= 0.6 is 0 Å². The zero-order valence-corrected chi connectivity index (χ0v) is 17.1. The summed E-state index contributed by atoms with van der Waals surface area (Å²) in [6.07, 6.45) is -1.74. The minimum atomic E-state index is -0.737. The zero-order valence-electron chi connectivity index (χ0n) is 17.1. The predicted molar refractivity (Wildman–Crippen MR) is 101 cm³/mol. The van der Waals surface area contributed by atoms with Crippen molar-refractivity contribution < 1.29 is 33.3 Å². The third kappa shape index (κ3) is 3.81. The summed E-state index contributed by atoms with van der Waals surface area (Å²) in [5.74, 6) is -1.46. The molecule has 0 bridgehead atoms. The van der Waals surface area contributed by atoms with Crippen molar-refractivity contribution in [3.63, 3.8) is 0 Å². The number of oxime groups is 1. The number of hydrogen-bond donors (Lipinski definition) is 0. The molecule has 6 atom stereocenters. The van der Waals surface area contributed by atoms with Crippen LogP contribution in [0.1, 0.15) is 39.7 Å². The van der Waals surface area contributed by atoms with Crippen molar-refractivity contribution in [1.82, 2.24) is 0 Å². The van der Waals surface area contributed by atoms with Crippen molar-refractivity contribution >= 4 is 5.71 Å². The molecule has 5 rings (SSSR count). The highest BCUT2D eigenvalue weighted by atomic mass is 16.9. The molecule has 4 aliphatic rings. The molecule has 158 valence electrons. The van der Waals surface area contributed by atoms with E-state index in [0.717, 1.165) is 11.3 Å². The van der Waals surface area contributed by atoms with Crippen LogP contribution in [0.5, 0.6) is 0 Å². The molecule has 0 spiro atoms. The third-order valence-electron chi connectivity index (χ3n) is 5.44. The average Bonchev–Trinajstić information content (AvgIpc) is 3.34. The van der Waals surface area contributed by atoms with E-state index in [1.54, 1.807) is 0 Å². The van der Waals surface area contributed by atoms with E-state index < -0.39 is 24.2 Å². The van der Waals surface area contributed by atoms with Crippen molar-refractivity contribution in [3.8, 4) is 0 Å². The quantitative estimate of drug-likeness (QED) is 0.762. The molecule has 0 amide bonds. The SMILES string of the molecule is CC1(C)O[C@H]2O[C@H](CO[C@@H]3CC(c4ccccc4)=NO3)[C@@H]3OC(C)(C)OC3[C@H]2O1. The summed E-state index contributed by atoms with van der Waals surface area (Å²) < 4.78 is 36.3. The van der Waals surface area contributed by atoms with E-state index >= 15 is 0 Å². The van der Waals surface area contributed by atoms with E-state index in [1.807, 2.05) is 58.0 Å². The van der Waals surface area contributed by atoms with Crippen LogP contribution in [-0.2, 0) is 33.3 Å². The van der Waals surface area contributed by atoms with Gasteiger partial charge in [-0.15, -0.1) is 0 Å². The van der Waals surface area contributed by atoms with E-state index in [9.17, 15) is 0 Å². The number of benzene rings is 1. The van der Waals surface area contributed by atoms with Gasteiger partial charge in [0.05, 0.1) is 18.7 Å². The lowest BCUT2D eigenvalue weighted by Crippen LogP contribution is -2.56. The van der Waals surface area contributed by atoms with Crippen molar-refractivity contribution in [2.24, 2.45) is 5.16 Å². The van der Waals surface area contributed by atoms with E-state index in [1.165, 1.54) is 0 Å². The van der Waals surface area contributed by atoms with E-state index in [-0.39, 0.29) is 31.0 Å². The molecule has 0 aromatic heterocycles. The Balaban J connectivity index is 1.23. The first-order valence-electron chi connectivity index (χ1n) is 10.1. The molecular weight excluding hydrogens is 378 g/mol.